The number of aromatic carboxylic acids is 1. The summed E-state index contributed by atoms with van der Waals surface area (Å²) in [6.45, 7) is 0. The molecule has 1 aromatic heterocycles. The molecule has 2 aromatic rings. The number of aromatic nitrogens is 2. The predicted octanol–water partition coefficient (Wildman–Crippen LogP) is 2.45. The Balaban J connectivity index is 2.46. The lowest BCUT2D eigenvalue weighted by atomic mass is 10.1. The molecule has 0 fully saturated rings. The first-order valence-electron chi connectivity index (χ1n) is 5.65. The molecular weight excluding hydrogens is 296 g/mol. The van der Waals surface area contributed by atoms with E-state index in [1.54, 1.807) is 0 Å². The van der Waals surface area contributed by atoms with E-state index < -0.39 is 5.97 Å². The summed E-state index contributed by atoms with van der Waals surface area (Å²) < 4.78 is 5.02. The summed E-state index contributed by atoms with van der Waals surface area (Å²) in [6, 6.07) is 4.56. The number of hydrogen-bond donors (Lipinski definition) is 2. The minimum Gasteiger partial charge on any atom is -0.496 e. The first kappa shape index (κ1) is 14.6. The smallest absolute Gasteiger partial charge is 0.339 e. The van der Waals surface area contributed by atoms with Gasteiger partial charge in [0.1, 0.15) is 17.4 Å². The summed E-state index contributed by atoms with van der Waals surface area (Å²) in [5.74, 6) is -0.804. The Morgan fingerprint density at radius 1 is 1.43 bits per heavy atom. The number of hydrogen-bond acceptors (Lipinski definition) is 6. The molecule has 0 radical (unpaired) electrons. The fraction of sp³-hybridized carbons (Fsp3) is 0.0769. The minimum absolute atomic E-state index is 0.0623. The molecule has 0 atom stereocenters. The Bertz CT molecular complexity index is 743. The van der Waals surface area contributed by atoms with Gasteiger partial charge in [0.05, 0.1) is 17.8 Å². The van der Waals surface area contributed by atoms with Crippen molar-refractivity contribution in [1.29, 1.82) is 5.26 Å². The number of nitrogens with one attached hydrogen (secondary N) is 1. The number of methoxy groups -OCH3 is 1. The molecule has 2 N–H and O–H groups in total. The predicted molar refractivity (Wildman–Crippen MR) is 75.0 cm³/mol. The molecule has 0 bridgehead atoms. The molecular formula is C13H9ClN4O3. The molecule has 8 heteroatoms. The molecule has 1 aromatic carbocycles. The number of rotatable bonds is 4. The van der Waals surface area contributed by atoms with Crippen LogP contribution in [0, 0.1) is 11.3 Å². The van der Waals surface area contributed by atoms with Crippen molar-refractivity contribution in [2.24, 2.45) is 0 Å². The topological polar surface area (TPSA) is 108 Å². The van der Waals surface area contributed by atoms with Gasteiger partial charge >= 0.3 is 5.97 Å². The molecule has 2 rings (SSSR count). The van der Waals surface area contributed by atoms with Crippen LogP contribution in [-0.2, 0) is 0 Å². The number of carbonyl (C=O) groups is 1. The van der Waals surface area contributed by atoms with Crippen LogP contribution >= 0.6 is 11.6 Å². The van der Waals surface area contributed by atoms with Crippen LogP contribution in [0.1, 0.15) is 16.1 Å². The third-order valence-electron chi connectivity index (χ3n) is 2.58. The average molecular weight is 305 g/mol. The van der Waals surface area contributed by atoms with E-state index >= 15 is 0 Å². The van der Waals surface area contributed by atoms with Crippen LogP contribution in [0.25, 0.3) is 0 Å². The van der Waals surface area contributed by atoms with E-state index in [4.69, 9.17) is 26.7 Å². The zero-order valence-corrected chi connectivity index (χ0v) is 11.5. The molecule has 0 aliphatic carbocycles. The number of nitriles is 1. The maximum absolute atomic E-state index is 11.1. The number of ether oxygens (including phenoxy) is 1. The molecule has 0 aliphatic heterocycles. The van der Waals surface area contributed by atoms with Crippen molar-refractivity contribution in [2.75, 3.05) is 12.4 Å². The van der Waals surface area contributed by atoms with Gasteiger partial charge in [0.2, 0.25) is 0 Å². The van der Waals surface area contributed by atoms with Gasteiger partial charge in [0.25, 0.3) is 0 Å². The third kappa shape index (κ3) is 3.01. The van der Waals surface area contributed by atoms with Gasteiger partial charge < -0.3 is 15.2 Å². The Hall–Kier alpha value is -2.85. The maximum atomic E-state index is 11.1. The van der Waals surface area contributed by atoms with Crippen LogP contribution in [0.3, 0.4) is 0 Å². The lowest BCUT2D eigenvalue weighted by Gasteiger charge is -2.12. The van der Waals surface area contributed by atoms with Gasteiger partial charge in [0.15, 0.2) is 11.5 Å². The lowest BCUT2D eigenvalue weighted by molar-refractivity contribution is 0.0693. The van der Waals surface area contributed by atoms with E-state index in [-0.39, 0.29) is 27.8 Å². The largest absolute Gasteiger partial charge is 0.496 e. The van der Waals surface area contributed by atoms with Crippen LogP contribution in [0.2, 0.25) is 5.02 Å². The Labute approximate surface area is 124 Å². The van der Waals surface area contributed by atoms with Crippen molar-refractivity contribution in [3.63, 3.8) is 0 Å². The normalized spacial score (nSPS) is 9.76. The van der Waals surface area contributed by atoms with Crippen molar-refractivity contribution in [2.45, 2.75) is 0 Å². The van der Waals surface area contributed by atoms with E-state index in [0.717, 1.165) is 0 Å². The zero-order valence-electron chi connectivity index (χ0n) is 10.8. The van der Waals surface area contributed by atoms with Crippen LogP contribution in [0.5, 0.6) is 5.75 Å². The van der Waals surface area contributed by atoms with Crippen molar-refractivity contribution in [3.8, 4) is 11.8 Å². The van der Waals surface area contributed by atoms with Gasteiger partial charge in [-0.25, -0.2) is 14.8 Å². The molecule has 0 saturated heterocycles. The number of anilines is 2. The van der Waals surface area contributed by atoms with Crippen molar-refractivity contribution in [3.05, 3.63) is 40.8 Å². The maximum Gasteiger partial charge on any atom is 0.339 e. The van der Waals surface area contributed by atoms with Crippen LogP contribution in [-0.4, -0.2) is 28.2 Å². The summed E-state index contributed by atoms with van der Waals surface area (Å²) in [7, 11) is 1.35. The fourth-order valence-electron chi connectivity index (χ4n) is 1.62. The van der Waals surface area contributed by atoms with Gasteiger partial charge in [0, 0.05) is 18.5 Å². The summed E-state index contributed by atoms with van der Waals surface area (Å²) in [5, 5.41) is 21.0. The number of carboxylic acids is 1. The quantitative estimate of drug-likeness (QED) is 0.893. The molecule has 0 spiro atoms. The molecule has 0 amide bonds. The number of halogens is 1. The van der Waals surface area contributed by atoms with Gasteiger partial charge in [-0.1, -0.05) is 11.6 Å². The van der Waals surface area contributed by atoms with Crippen molar-refractivity contribution >= 4 is 29.1 Å². The SMILES string of the molecule is COc1cc(Nc2nccnc2C#N)c(Cl)cc1C(=O)O. The van der Waals surface area contributed by atoms with Crippen molar-refractivity contribution < 1.29 is 14.6 Å². The lowest BCUT2D eigenvalue weighted by Crippen LogP contribution is -2.04. The fourth-order valence-corrected chi connectivity index (χ4v) is 1.83. The Kier molecular flexibility index (Phi) is 4.21. The number of nitrogens with zero attached hydrogens (tertiary/aromatic N) is 3. The van der Waals surface area contributed by atoms with Crippen LogP contribution in [0.15, 0.2) is 24.5 Å². The average Bonchev–Trinajstić information content (AvgIpc) is 2.49. The summed E-state index contributed by atoms with van der Waals surface area (Å²) in [4.78, 5) is 18.9. The first-order chi connectivity index (χ1) is 10.1. The van der Waals surface area contributed by atoms with E-state index in [1.165, 1.54) is 31.6 Å². The first-order valence-corrected chi connectivity index (χ1v) is 6.03. The van der Waals surface area contributed by atoms with Gasteiger partial charge in [-0.3, -0.25) is 0 Å². The molecule has 0 unspecified atom stereocenters. The number of benzene rings is 1. The molecule has 0 aliphatic rings. The van der Waals surface area contributed by atoms with Gasteiger partial charge in [-0.2, -0.15) is 5.26 Å². The van der Waals surface area contributed by atoms with E-state index in [9.17, 15) is 4.79 Å². The second-order valence-electron chi connectivity index (χ2n) is 3.83. The highest BCUT2D eigenvalue weighted by atomic mass is 35.5. The summed E-state index contributed by atoms with van der Waals surface area (Å²) >= 11 is 6.04. The van der Waals surface area contributed by atoms with Crippen LogP contribution in [0.4, 0.5) is 11.5 Å². The van der Waals surface area contributed by atoms with Crippen molar-refractivity contribution in [1.82, 2.24) is 9.97 Å². The molecule has 1 heterocycles. The third-order valence-corrected chi connectivity index (χ3v) is 2.89. The van der Waals surface area contributed by atoms with E-state index in [0.29, 0.717) is 5.69 Å². The standard InChI is InChI=1S/C13H9ClN4O3/c1-21-11-5-9(8(14)4-7(11)13(19)20)18-12-10(6-15)16-2-3-17-12/h2-5H,1H3,(H,17,18)(H,19,20). The highest BCUT2D eigenvalue weighted by Crippen LogP contribution is 2.32. The molecule has 21 heavy (non-hydrogen) atoms. The molecule has 106 valence electrons. The van der Waals surface area contributed by atoms with Crippen LogP contribution < -0.4 is 10.1 Å². The van der Waals surface area contributed by atoms with E-state index in [2.05, 4.69) is 15.3 Å². The molecule has 0 saturated carbocycles. The van der Waals surface area contributed by atoms with E-state index in [1.807, 2.05) is 6.07 Å². The van der Waals surface area contributed by atoms with Gasteiger partial charge in [-0.05, 0) is 6.07 Å². The highest BCUT2D eigenvalue weighted by molar-refractivity contribution is 6.33. The summed E-state index contributed by atoms with van der Waals surface area (Å²) in [5.41, 5.74) is 0.387. The summed E-state index contributed by atoms with van der Waals surface area (Å²) in [6.07, 6.45) is 2.80. The second-order valence-corrected chi connectivity index (χ2v) is 4.24. The van der Waals surface area contributed by atoms with Gasteiger partial charge in [-0.15, -0.1) is 0 Å². The monoisotopic (exact) mass is 304 g/mol. The Morgan fingerprint density at radius 2 is 2.14 bits per heavy atom. The minimum atomic E-state index is -1.16. The molecule has 7 nitrogen and oxygen atoms in total. The Morgan fingerprint density at radius 3 is 2.76 bits per heavy atom. The second kappa shape index (κ2) is 6.07. The zero-order chi connectivity index (χ0) is 15.4. The number of carboxylic acid groups (broad SMARTS) is 1. The highest BCUT2D eigenvalue weighted by Gasteiger charge is 2.16.